The van der Waals surface area contributed by atoms with Gasteiger partial charge in [0.1, 0.15) is 11.5 Å². The molecular weight excluding hydrogens is 308 g/mol. The molecule has 23 heavy (non-hydrogen) atoms. The van der Waals surface area contributed by atoms with Crippen molar-refractivity contribution in [3.8, 4) is 33.7 Å². The van der Waals surface area contributed by atoms with Crippen molar-refractivity contribution < 1.29 is 9.15 Å². The molecule has 0 saturated heterocycles. The van der Waals surface area contributed by atoms with E-state index in [0.717, 1.165) is 21.9 Å². The number of hydrogen-bond acceptors (Lipinski definition) is 5. The molecule has 0 atom stereocenters. The van der Waals surface area contributed by atoms with E-state index < -0.39 is 0 Å². The number of nitrogens with zero attached hydrogens (tertiary/aromatic N) is 2. The van der Waals surface area contributed by atoms with E-state index in [4.69, 9.17) is 9.15 Å². The lowest BCUT2D eigenvalue weighted by molar-refractivity contribution is 0.482. The van der Waals surface area contributed by atoms with Crippen LogP contribution in [-0.4, -0.2) is 10.2 Å². The number of thiophene rings is 1. The average molecular weight is 320 g/mol. The number of benzene rings is 2. The summed E-state index contributed by atoms with van der Waals surface area (Å²) >= 11 is 1.57. The third-order valence-electron chi connectivity index (χ3n) is 3.24. The fraction of sp³-hybridized carbons (Fsp3) is 0. The topological polar surface area (TPSA) is 48.2 Å². The molecule has 2 aromatic carbocycles. The number of para-hydroxylation sites is 1. The first-order valence-electron chi connectivity index (χ1n) is 7.09. The summed E-state index contributed by atoms with van der Waals surface area (Å²) in [5.74, 6) is 2.61. The molecule has 112 valence electrons. The van der Waals surface area contributed by atoms with Crippen LogP contribution >= 0.6 is 11.3 Å². The van der Waals surface area contributed by atoms with E-state index in [0.29, 0.717) is 11.8 Å². The van der Waals surface area contributed by atoms with Gasteiger partial charge in [0.25, 0.3) is 5.89 Å². The Bertz CT molecular complexity index is 884. The van der Waals surface area contributed by atoms with Gasteiger partial charge in [-0.2, -0.15) is 0 Å². The number of aromatic nitrogens is 2. The van der Waals surface area contributed by atoms with Gasteiger partial charge < -0.3 is 9.15 Å². The Labute approximate surface area is 137 Å². The monoisotopic (exact) mass is 320 g/mol. The van der Waals surface area contributed by atoms with Crippen LogP contribution < -0.4 is 4.74 Å². The van der Waals surface area contributed by atoms with Gasteiger partial charge in [0.2, 0.25) is 5.89 Å². The lowest BCUT2D eigenvalue weighted by atomic mass is 10.2. The zero-order valence-electron chi connectivity index (χ0n) is 12.0. The summed E-state index contributed by atoms with van der Waals surface area (Å²) in [7, 11) is 0. The zero-order chi connectivity index (χ0) is 15.5. The minimum Gasteiger partial charge on any atom is -0.457 e. The number of hydrogen-bond donors (Lipinski definition) is 0. The third kappa shape index (κ3) is 3.00. The van der Waals surface area contributed by atoms with Gasteiger partial charge in [-0.15, -0.1) is 21.5 Å². The highest BCUT2D eigenvalue weighted by atomic mass is 32.1. The van der Waals surface area contributed by atoms with Crippen molar-refractivity contribution in [1.29, 1.82) is 0 Å². The van der Waals surface area contributed by atoms with Gasteiger partial charge >= 0.3 is 0 Å². The molecule has 4 rings (SSSR count). The van der Waals surface area contributed by atoms with Crippen molar-refractivity contribution in [3.05, 3.63) is 72.1 Å². The Morgan fingerprint density at radius 3 is 2.22 bits per heavy atom. The molecule has 0 aliphatic heterocycles. The molecule has 0 unspecified atom stereocenters. The SMILES string of the molecule is c1ccc(Oc2ccc(-c3nnc(-c4cccs4)o3)cc2)cc1. The molecule has 0 N–H and O–H groups in total. The first-order valence-corrected chi connectivity index (χ1v) is 7.97. The highest BCUT2D eigenvalue weighted by molar-refractivity contribution is 7.13. The van der Waals surface area contributed by atoms with Gasteiger partial charge in [-0.1, -0.05) is 24.3 Å². The third-order valence-corrected chi connectivity index (χ3v) is 4.09. The summed E-state index contributed by atoms with van der Waals surface area (Å²) in [6, 6.07) is 21.2. The maximum Gasteiger partial charge on any atom is 0.258 e. The number of rotatable bonds is 4. The van der Waals surface area contributed by atoms with Gasteiger partial charge in [0, 0.05) is 5.56 Å². The maximum atomic E-state index is 5.77. The first kappa shape index (κ1) is 13.7. The maximum absolute atomic E-state index is 5.77. The summed E-state index contributed by atoms with van der Waals surface area (Å²) in [5.41, 5.74) is 0.862. The van der Waals surface area contributed by atoms with E-state index in [1.165, 1.54) is 0 Å². The Balaban J connectivity index is 1.54. The quantitative estimate of drug-likeness (QED) is 0.515. The summed E-state index contributed by atoms with van der Waals surface area (Å²) in [6.45, 7) is 0. The van der Waals surface area contributed by atoms with E-state index in [2.05, 4.69) is 10.2 Å². The summed E-state index contributed by atoms with van der Waals surface area (Å²) in [6.07, 6.45) is 0. The molecule has 0 aliphatic rings. The van der Waals surface area contributed by atoms with Crippen LogP contribution in [0.5, 0.6) is 11.5 Å². The van der Waals surface area contributed by atoms with E-state index >= 15 is 0 Å². The van der Waals surface area contributed by atoms with E-state index in [9.17, 15) is 0 Å². The van der Waals surface area contributed by atoms with Crippen LogP contribution in [0.2, 0.25) is 0 Å². The second kappa shape index (κ2) is 6.06. The predicted molar refractivity (Wildman–Crippen MR) is 89.6 cm³/mol. The Morgan fingerprint density at radius 2 is 1.48 bits per heavy atom. The van der Waals surface area contributed by atoms with E-state index in [1.807, 2.05) is 72.1 Å². The largest absolute Gasteiger partial charge is 0.457 e. The molecule has 0 fully saturated rings. The highest BCUT2D eigenvalue weighted by Gasteiger charge is 2.11. The molecule has 4 aromatic rings. The Hall–Kier alpha value is -2.92. The second-order valence-electron chi connectivity index (χ2n) is 4.83. The molecule has 0 aliphatic carbocycles. The van der Waals surface area contributed by atoms with Crippen LogP contribution in [0.15, 0.2) is 76.5 Å². The van der Waals surface area contributed by atoms with Gasteiger partial charge in [-0.25, -0.2) is 0 Å². The van der Waals surface area contributed by atoms with Crippen LogP contribution in [0, 0.1) is 0 Å². The van der Waals surface area contributed by atoms with Crippen molar-refractivity contribution in [2.45, 2.75) is 0 Å². The molecule has 2 heterocycles. The van der Waals surface area contributed by atoms with E-state index in [1.54, 1.807) is 11.3 Å². The molecule has 0 radical (unpaired) electrons. The zero-order valence-corrected chi connectivity index (χ0v) is 12.9. The molecule has 0 bridgehead atoms. The minimum absolute atomic E-state index is 0.500. The molecule has 0 spiro atoms. The van der Waals surface area contributed by atoms with E-state index in [-0.39, 0.29) is 0 Å². The van der Waals surface area contributed by atoms with Crippen molar-refractivity contribution >= 4 is 11.3 Å². The summed E-state index contributed by atoms with van der Waals surface area (Å²) in [5, 5.41) is 10.2. The van der Waals surface area contributed by atoms with Crippen molar-refractivity contribution in [1.82, 2.24) is 10.2 Å². The number of ether oxygens (including phenoxy) is 1. The lowest BCUT2D eigenvalue weighted by Crippen LogP contribution is -1.84. The van der Waals surface area contributed by atoms with Crippen LogP contribution in [0.25, 0.3) is 22.2 Å². The minimum atomic E-state index is 0.500. The molecule has 0 saturated carbocycles. The van der Waals surface area contributed by atoms with Gasteiger partial charge in [-0.3, -0.25) is 0 Å². The molecule has 4 nitrogen and oxygen atoms in total. The first-order chi connectivity index (χ1) is 11.4. The predicted octanol–water partition coefficient (Wildman–Crippen LogP) is 5.26. The smallest absolute Gasteiger partial charge is 0.258 e. The normalized spacial score (nSPS) is 10.6. The standard InChI is InChI=1S/C18H12N2O2S/c1-2-5-14(6-3-1)21-15-10-8-13(9-11-15)17-19-20-18(22-17)16-7-4-12-23-16/h1-12H. The fourth-order valence-corrected chi connectivity index (χ4v) is 2.77. The van der Waals surface area contributed by atoms with Gasteiger partial charge in [0.05, 0.1) is 4.88 Å². The van der Waals surface area contributed by atoms with Gasteiger partial charge in [0.15, 0.2) is 0 Å². The van der Waals surface area contributed by atoms with Crippen molar-refractivity contribution in [3.63, 3.8) is 0 Å². The Kier molecular flexibility index (Phi) is 3.62. The van der Waals surface area contributed by atoms with Gasteiger partial charge in [-0.05, 0) is 47.8 Å². The fourth-order valence-electron chi connectivity index (χ4n) is 2.13. The average Bonchev–Trinajstić information content (AvgIpc) is 3.28. The Morgan fingerprint density at radius 1 is 0.739 bits per heavy atom. The van der Waals surface area contributed by atoms with Crippen LogP contribution in [0.4, 0.5) is 0 Å². The molecule has 0 amide bonds. The summed E-state index contributed by atoms with van der Waals surface area (Å²) in [4.78, 5) is 0.966. The van der Waals surface area contributed by atoms with Crippen molar-refractivity contribution in [2.24, 2.45) is 0 Å². The molecule has 2 aromatic heterocycles. The van der Waals surface area contributed by atoms with Crippen molar-refractivity contribution in [2.75, 3.05) is 0 Å². The van der Waals surface area contributed by atoms with Crippen LogP contribution in [-0.2, 0) is 0 Å². The van der Waals surface area contributed by atoms with Crippen LogP contribution in [0.1, 0.15) is 0 Å². The molecular formula is C18H12N2O2S. The molecule has 5 heteroatoms. The van der Waals surface area contributed by atoms with Crippen LogP contribution in [0.3, 0.4) is 0 Å². The summed E-state index contributed by atoms with van der Waals surface area (Å²) < 4.78 is 11.5. The lowest BCUT2D eigenvalue weighted by Gasteiger charge is -2.05. The second-order valence-corrected chi connectivity index (χ2v) is 5.78. The highest BCUT2D eigenvalue weighted by Crippen LogP contribution is 2.28.